The second-order valence-corrected chi connectivity index (χ2v) is 3.48. The molecule has 3 nitrogen and oxygen atoms in total. The van der Waals surface area contributed by atoms with Gasteiger partial charge >= 0.3 is 0 Å². The third-order valence-electron chi connectivity index (χ3n) is 0.618. The van der Waals surface area contributed by atoms with Gasteiger partial charge in [0.1, 0.15) is 5.70 Å². The largest absolute Gasteiger partial charge is 0.595 e. The smallest absolute Gasteiger partial charge is 0.165 e. The highest BCUT2D eigenvalue weighted by Gasteiger charge is 2.02. The summed E-state index contributed by atoms with van der Waals surface area (Å²) in [6.07, 6.45) is 0. The number of hydrogen-bond donors (Lipinski definition) is 1. The molecule has 0 heterocycles. The maximum atomic E-state index is 10.6. The standard InChI is InChI=1S/C5H10INO2/c1-4(2)7(8)9-5(3)6/h5,7H,1H2,2-3H3. The van der Waals surface area contributed by atoms with Crippen molar-refractivity contribution in [2.45, 2.75) is 18.0 Å². The zero-order valence-corrected chi connectivity index (χ0v) is 7.64. The highest BCUT2D eigenvalue weighted by Crippen LogP contribution is 1.94. The normalized spacial score (nSPS) is 16.9. The van der Waals surface area contributed by atoms with E-state index in [4.69, 9.17) is 4.84 Å². The fourth-order valence-corrected chi connectivity index (χ4v) is 0.479. The summed E-state index contributed by atoms with van der Waals surface area (Å²) in [7, 11) is 0. The molecule has 9 heavy (non-hydrogen) atoms. The van der Waals surface area contributed by atoms with Gasteiger partial charge in [0.25, 0.3) is 0 Å². The zero-order chi connectivity index (χ0) is 7.44. The van der Waals surface area contributed by atoms with Gasteiger partial charge in [-0.3, -0.25) is 0 Å². The van der Waals surface area contributed by atoms with Gasteiger partial charge in [-0.2, -0.15) is 10.1 Å². The number of halogens is 1. The molecule has 2 atom stereocenters. The highest BCUT2D eigenvalue weighted by molar-refractivity contribution is 14.1. The van der Waals surface area contributed by atoms with E-state index in [2.05, 4.69) is 6.58 Å². The fourth-order valence-electron chi connectivity index (χ4n) is 0.248. The second kappa shape index (κ2) is 4.21. The molecule has 0 aliphatic carbocycles. The van der Waals surface area contributed by atoms with E-state index in [-0.39, 0.29) is 9.34 Å². The minimum absolute atomic E-state index is 0.0770. The van der Waals surface area contributed by atoms with Crippen molar-refractivity contribution in [2.75, 3.05) is 0 Å². The molecule has 4 heteroatoms. The van der Waals surface area contributed by atoms with E-state index < -0.39 is 0 Å². The van der Waals surface area contributed by atoms with Gasteiger partial charge in [0.2, 0.25) is 0 Å². The predicted molar refractivity (Wildman–Crippen MR) is 43.7 cm³/mol. The van der Waals surface area contributed by atoms with Crippen molar-refractivity contribution in [1.82, 2.24) is 0 Å². The average molecular weight is 243 g/mol. The third-order valence-corrected chi connectivity index (χ3v) is 0.872. The van der Waals surface area contributed by atoms with Gasteiger partial charge in [-0.15, -0.1) is 0 Å². The number of allylic oxidation sites excluding steroid dienone is 1. The van der Waals surface area contributed by atoms with Crippen LogP contribution in [0, 0.1) is 5.21 Å². The molecule has 0 spiro atoms. The quantitative estimate of drug-likeness (QED) is 0.448. The first-order valence-electron chi connectivity index (χ1n) is 2.54. The molecule has 0 aliphatic rings. The summed E-state index contributed by atoms with van der Waals surface area (Å²) >= 11 is 2.01. The highest BCUT2D eigenvalue weighted by atomic mass is 127. The van der Waals surface area contributed by atoms with Crippen LogP contribution in [0.1, 0.15) is 13.8 Å². The first kappa shape index (κ1) is 9.35. The first-order chi connectivity index (χ1) is 4.04. The first-order valence-corrected chi connectivity index (χ1v) is 3.79. The lowest BCUT2D eigenvalue weighted by atomic mass is 10.6. The van der Waals surface area contributed by atoms with Crippen LogP contribution in [0.2, 0.25) is 0 Å². The van der Waals surface area contributed by atoms with Gasteiger partial charge in [0.05, 0.1) is 0 Å². The molecule has 0 rings (SSSR count). The Morgan fingerprint density at radius 2 is 2.33 bits per heavy atom. The van der Waals surface area contributed by atoms with Crippen molar-refractivity contribution in [1.29, 1.82) is 0 Å². The van der Waals surface area contributed by atoms with Crippen molar-refractivity contribution in [2.24, 2.45) is 0 Å². The summed E-state index contributed by atoms with van der Waals surface area (Å²) in [6, 6.07) is 0. The monoisotopic (exact) mass is 243 g/mol. The molecule has 0 aliphatic heterocycles. The van der Waals surface area contributed by atoms with Crippen LogP contribution in [0.4, 0.5) is 0 Å². The third kappa shape index (κ3) is 4.83. The average Bonchev–Trinajstić information content (AvgIpc) is 1.63. The second-order valence-electron chi connectivity index (χ2n) is 1.73. The Kier molecular flexibility index (Phi) is 4.37. The number of rotatable bonds is 3. The summed E-state index contributed by atoms with van der Waals surface area (Å²) in [5, 5.41) is 10.3. The summed E-state index contributed by atoms with van der Waals surface area (Å²) in [5.74, 6) is 0. The topological polar surface area (TPSA) is 36.7 Å². The molecule has 54 valence electrons. The lowest BCUT2D eigenvalue weighted by molar-refractivity contribution is -1.02. The lowest BCUT2D eigenvalue weighted by Gasteiger charge is -2.19. The maximum Gasteiger partial charge on any atom is 0.165 e. The van der Waals surface area contributed by atoms with Crippen LogP contribution in [0.3, 0.4) is 0 Å². The molecular formula is C5H10INO2. The van der Waals surface area contributed by atoms with E-state index in [0.717, 1.165) is 0 Å². The Labute approximate surface area is 68.3 Å². The van der Waals surface area contributed by atoms with E-state index in [9.17, 15) is 5.21 Å². The number of nitrogens with one attached hydrogen (secondary N) is 1. The summed E-state index contributed by atoms with van der Waals surface area (Å²) < 4.78 is -0.0770. The Hall–Kier alpha value is 0.350. The van der Waals surface area contributed by atoms with E-state index >= 15 is 0 Å². The molecule has 0 bridgehead atoms. The minimum atomic E-state index is -0.322. The van der Waals surface area contributed by atoms with Crippen molar-refractivity contribution in [3.05, 3.63) is 17.5 Å². The van der Waals surface area contributed by atoms with Crippen molar-refractivity contribution >= 4 is 22.6 Å². The molecule has 0 aromatic heterocycles. The van der Waals surface area contributed by atoms with Crippen molar-refractivity contribution < 1.29 is 10.1 Å². The molecular weight excluding hydrogens is 233 g/mol. The molecule has 1 N–H and O–H groups in total. The maximum absolute atomic E-state index is 10.6. The molecule has 0 radical (unpaired) electrons. The van der Waals surface area contributed by atoms with E-state index in [1.807, 2.05) is 22.6 Å². The molecule has 0 saturated carbocycles. The number of alkyl halides is 1. The Bertz CT molecular complexity index is 105. The Balaban J connectivity index is 3.50. The van der Waals surface area contributed by atoms with Crippen LogP contribution >= 0.6 is 22.6 Å². The lowest BCUT2D eigenvalue weighted by Crippen LogP contribution is -3.04. The molecule has 0 aromatic rings. The number of hydroxylamine groups is 2. The predicted octanol–water partition coefficient (Wildman–Crippen LogP) is 0.615. The molecule has 0 aromatic carbocycles. The molecule has 0 amide bonds. The van der Waals surface area contributed by atoms with Crippen LogP contribution < -0.4 is 5.23 Å². The van der Waals surface area contributed by atoms with Crippen LogP contribution in [0.25, 0.3) is 0 Å². The zero-order valence-electron chi connectivity index (χ0n) is 5.48. The Morgan fingerprint density at radius 3 is 2.44 bits per heavy atom. The minimum Gasteiger partial charge on any atom is -0.595 e. The van der Waals surface area contributed by atoms with Crippen molar-refractivity contribution in [3.8, 4) is 0 Å². The van der Waals surface area contributed by atoms with Gasteiger partial charge in [-0.25, -0.2) is 0 Å². The number of hydrogen-bond acceptors (Lipinski definition) is 2. The van der Waals surface area contributed by atoms with Crippen LogP contribution in [-0.2, 0) is 4.84 Å². The molecule has 2 unspecified atom stereocenters. The van der Waals surface area contributed by atoms with Gasteiger partial charge in [0, 0.05) is 6.92 Å². The van der Waals surface area contributed by atoms with E-state index in [1.54, 1.807) is 13.8 Å². The molecule has 0 fully saturated rings. The Morgan fingerprint density at radius 1 is 1.89 bits per heavy atom. The van der Waals surface area contributed by atoms with Gasteiger partial charge in [-0.1, -0.05) is 0 Å². The van der Waals surface area contributed by atoms with Gasteiger partial charge < -0.3 is 5.21 Å². The fraction of sp³-hybridized carbons (Fsp3) is 0.600. The van der Waals surface area contributed by atoms with Crippen LogP contribution in [0.15, 0.2) is 12.3 Å². The summed E-state index contributed by atoms with van der Waals surface area (Å²) in [5.41, 5.74) is 0.443. The summed E-state index contributed by atoms with van der Waals surface area (Å²) in [6.45, 7) is 6.85. The number of quaternary nitrogens is 1. The molecule has 0 saturated heterocycles. The van der Waals surface area contributed by atoms with Gasteiger partial charge in [0.15, 0.2) is 4.11 Å². The van der Waals surface area contributed by atoms with Gasteiger partial charge in [-0.05, 0) is 36.1 Å². The van der Waals surface area contributed by atoms with Crippen LogP contribution in [-0.4, -0.2) is 4.11 Å². The van der Waals surface area contributed by atoms with Crippen LogP contribution in [0.5, 0.6) is 0 Å². The van der Waals surface area contributed by atoms with E-state index in [1.165, 1.54) is 0 Å². The van der Waals surface area contributed by atoms with E-state index in [0.29, 0.717) is 5.70 Å². The summed E-state index contributed by atoms with van der Waals surface area (Å²) in [4.78, 5) is 4.76. The van der Waals surface area contributed by atoms with Crippen molar-refractivity contribution in [3.63, 3.8) is 0 Å². The SMILES string of the molecule is C=C(C)[NH+]([O-])OC(C)I.